The number of anilines is 2. The molecule has 0 saturated carbocycles. The maximum absolute atomic E-state index is 3.81. The van der Waals surface area contributed by atoms with Crippen molar-refractivity contribution in [2.24, 2.45) is 0 Å². The van der Waals surface area contributed by atoms with Crippen molar-refractivity contribution in [2.45, 2.75) is 30.8 Å². The molecule has 0 bridgehead atoms. The Morgan fingerprint density at radius 1 is 0.562 bits per heavy atom. The molecule has 1 aromatic heterocycles. The van der Waals surface area contributed by atoms with E-state index >= 15 is 0 Å². The van der Waals surface area contributed by atoms with Crippen LogP contribution in [-0.2, 0) is 6.42 Å². The van der Waals surface area contributed by atoms with Crippen molar-refractivity contribution >= 4 is 72.6 Å². The number of hydrogen-bond acceptors (Lipinski definition) is 2. The van der Waals surface area contributed by atoms with E-state index < -0.39 is 0 Å². The van der Waals surface area contributed by atoms with E-state index in [4.69, 9.17) is 0 Å². The van der Waals surface area contributed by atoms with Crippen molar-refractivity contribution in [1.29, 1.82) is 0 Å². The minimum atomic E-state index is -0.0217. The maximum atomic E-state index is 3.81. The van der Waals surface area contributed by atoms with Crippen LogP contribution in [0.15, 0.2) is 218 Å². The van der Waals surface area contributed by atoms with E-state index in [9.17, 15) is 0 Å². The molecule has 2 aliphatic heterocycles. The maximum Gasteiger partial charge on any atom is 0.0681 e. The highest BCUT2D eigenvalue weighted by atomic mass is 15.2. The standard InChI is InChI=1S/C61H45N3/c1-2-19-45(20-3-1)63-59-28-13-11-26-52(59)56-36-42(30-32-60(56)63)43-29-31-53-51-25-10-12-27-58(51)64(61(53)38-43)46-33-34-62-57(39-46)44-18-14-17-40-15-4-5-16-41(40)35-54-49-23-8-6-21-47(49)48-22-7-9-24-50(48)55(54)37-44/h1-17,19-34,36-39,52,57,59,62H,18,35H2/b17-14-,44-37+. The molecule has 2 aliphatic carbocycles. The molecule has 0 fully saturated rings. The molecule has 0 saturated heterocycles. The molecular weight excluding hydrogens is 775 g/mol. The Morgan fingerprint density at radius 3 is 2.16 bits per heavy atom. The van der Waals surface area contributed by atoms with E-state index in [0.29, 0.717) is 5.92 Å². The number of dihydropyridines is 1. The summed E-state index contributed by atoms with van der Waals surface area (Å²) in [5, 5.41) is 11.6. The summed E-state index contributed by atoms with van der Waals surface area (Å²) < 4.78 is 2.48. The highest BCUT2D eigenvalue weighted by Gasteiger charge is 2.37. The summed E-state index contributed by atoms with van der Waals surface area (Å²) in [5.74, 6) is 0.293. The van der Waals surface area contributed by atoms with Gasteiger partial charge in [-0.25, -0.2) is 0 Å². The Labute approximate surface area is 373 Å². The van der Waals surface area contributed by atoms with Crippen LogP contribution < -0.4 is 10.2 Å². The van der Waals surface area contributed by atoms with E-state index in [-0.39, 0.29) is 12.1 Å². The first-order chi connectivity index (χ1) is 31.7. The van der Waals surface area contributed by atoms with Crippen LogP contribution in [0.25, 0.3) is 72.3 Å². The SMILES string of the molecule is C1=CC2c3cc(-c4ccc5c6ccccc6n(C6=CC(/C7=C/c8c(c9ccccc9c9ccccc89)Cc8ccccc8/C=C\C7)NC=C6)c5c4)ccc3N(c3ccccc3)C2C=C1. The predicted molar refractivity (Wildman–Crippen MR) is 271 cm³/mol. The number of rotatable bonds is 4. The smallest absolute Gasteiger partial charge is 0.0681 e. The van der Waals surface area contributed by atoms with Crippen molar-refractivity contribution in [1.82, 2.24) is 9.88 Å². The van der Waals surface area contributed by atoms with Crippen LogP contribution in [0.5, 0.6) is 0 Å². The minimum absolute atomic E-state index is 0.0217. The van der Waals surface area contributed by atoms with Gasteiger partial charge in [-0.1, -0.05) is 170 Å². The number of benzene rings is 8. The Balaban J connectivity index is 0.952. The Bertz CT molecular complexity index is 3560. The van der Waals surface area contributed by atoms with Crippen LogP contribution in [0, 0.1) is 0 Å². The predicted octanol–water partition coefficient (Wildman–Crippen LogP) is 14.9. The fraction of sp³-hybridized carbons (Fsp3) is 0.0820. The fourth-order valence-corrected chi connectivity index (χ4v) is 11.1. The van der Waals surface area contributed by atoms with Gasteiger partial charge in [0.15, 0.2) is 0 Å². The van der Waals surface area contributed by atoms with Crippen molar-refractivity contribution in [3.05, 3.63) is 246 Å². The summed E-state index contributed by atoms with van der Waals surface area (Å²) in [4.78, 5) is 2.50. The molecule has 0 amide bonds. The summed E-state index contributed by atoms with van der Waals surface area (Å²) in [5.41, 5.74) is 16.6. The lowest BCUT2D eigenvalue weighted by Gasteiger charge is -2.28. The van der Waals surface area contributed by atoms with E-state index in [2.05, 4.69) is 239 Å². The molecule has 4 aliphatic rings. The lowest BCUT2D eigenvalue weighted by molar-refractivity contribution is 0.745. The second-order valence-corrected chi connectivity index (χ2v) is 17.6. The monoisotopic (exact) mass is 819 g/mol. The third-order valence-corrected chi connectivity index (χ3v) is 14.1. The van der Waals surface area contributed by atoms with Crippen molar-refractivity contribution < 1.29 is 0 Å². The zero-order valence-electron chi connectivity index (χ0n) is 35.4. The molecule has 8 aromatic carbocycles. The molecule has 0 radical (unpaired) electrons. The normalized spacial score (nSPS) is 20.0. The van der Waals surface area contributed by atoms with Crippen molar-refractivity contribution in [2.75, 3.05) is 4.90 Å². The van der Waals surface area contributed by atoms with Gasteiger partial charge < -0.3 is 14.8 Å². The summed E-state index contributed by atoms with van der Waals surface area (Å²) >= 11 is 0. The number of nitrogens with zero attached hydrogens (tertiary/aromatic N) is 2. The number of nitrogens with one attached hydrogen (secondary N) is 1. The lowest BCUT2D eigenvalue weighted by atomic mass is 9.85. The van der Waals surface area contributed by atoms with Crippen LogP contribution in [-0.4, -0.2) is 16.7 Å². The van der Waals surface area contributed by atoms with Crippen molar-refractivity contribution in [3.8, 4) is 11.1 Å². The Kier molecular flexibility index (Phi) is 8.55. The van der Waals surface area contributed by atoms with Gasteiger partial charge in [0.2, 0.25) is 0 Å². The van der Waals surface area contributed by atoms with Crippen molar-refractivity contribution in [3.63, 3.8) is 0 Å². The Hall–Kier alpha value is -7.88. The van der Waals surface area contributed by atoms with Gasteiger partial charge in [-0.15, -0.1) is 0 Å². The molecule has 3 heteroatoms. The summed E-state index contributed by atoms with van der Waals surface area (Å²) in [6.07, 6.45) is 24.8. The first kappa shape index (κ1) is 36.7. The van der Waals surface area contributed by atoms with Crippen LogP contribution in [0.4, 0.5) is 11.4 Å². The van der Waals surface area contributed by atoms with Crippen LogP contribution >= 0.6 is 0 Å². The lowest BCUT2D eigenvalue weighted by Crippen LogP contribution is -2.28. The third kappa shape index (κ3) is 5.88. The van der Waals surface area contributed by atoms with Gasteiger partial charge >= 0.3 is 0 Å². The van der Waals surface area contributed by atoms with Gasteiger partial charge in [-0.3, -0.25) is 0 Å². The third-order valence-electron chi connectivity index (χ3n) is 14.1. The van der Waals surface area contributed by atoms with Crippen LogP contribution in [0.3, 0.4) is 0 Å². The zero-order valence-corrected chi connectivity index (χ0v) is 35.4. The van der Waals surface area contributed by atoms with Gasteiger partial charge in [-0.05, 0) is 134 Å². The zero-order chi connectivity index (χ0) is 42.1. The van der Waals surface area contributed by atoms with Gasteiger partial charge in [0, 0.05) is 33.8 Å². The highest BCUT2D eigenvalue weighted by molar-refractivity contribution is 6.14. The molecule has 0 spiro atoms. The molecule has 3 unspecified atom stereocenters. The topological polar surface area (TPSA) is 20.2 Å². The molecule has 1 N–H and O–H groups in total. The van der Waals surface area contributed by atoms with Gasteiger partial charge in [0.1, 0.15) is 0 Å². The Morgan fingerprint density at radius 2 is 1.27 bits per heavy atom. The van der Waals surface area contributed by atoms with Crippen LogP contribution in [0.2, 0.25) is 0 Å². The molecule has 304 valence electrons. The van der Waals surface area contributed by atoms with E-state index in [1.54, 1.807) is 0 Å². The van der Waals surface area contributed by atoms with E-state index in [0.717, 1.165) is 18.5 Å². The average Bonchev–Trinajstić information content (AvgIpc) is 3.87. The highest BCUT2D eigenvalue weighted by Crippen LogP contribution is 2.49. The quantitative estimate of drug-likeness (QED) is 0.179. The molecule has 3 nitrogen and oxygen atoms in total. The molecule has 3 heterocycles. The molecule has 3 atom stereocenters. The second-order valence-electron chi connectivity index (χ2n) is 17.6. The van der Waals surface area contributed by atoms with Gasteiger partial charge in [-0.2, -0.15) is 0 Å². The van der Waals surface area contributed by atoms with Crippen LogP contribution in [0.1, 0.15) is 40.2 Å². The largest absolute Gasteiger partial charge is 0.381 e. The summed E-state index contributed by atoms with van der Waals surface area (Å²) in [6, 6.07) is 60.9. The number of para-hydroxylation sites is 2. The summed E-state index contributed by atoms with van der Waals surface area (Å²) in [7, 11) is 0. The molecular formula is C61H45N3. The summed E-state index contributed by atoms with van der Waals surface area (Å²) in [6.45, 7) is 0. The second kappa shape index (κ2) is 14.9. The van der Waals surface area contributed by atoms with E-state index in [1.807, 2.05) is 0 Å². The fourth-order valence-electron chi connectivity index (χ4n) is 11.1. The van der Waals surface area contributed by atoms with Gasteiger partial charge in [0.25, 0.3) is 0 Å². The first-order valence-electron chi connectivity index (χ1n) is 22.6. The number of hydrogen-bond donors (Lipinski definition) is 1. The molecule has 9 aromatic rings. The molecule has 64 heavy (non-hydrogen) atoms. The van der Waals surface area contributed by atoms with Gasteiger partial charge in [0.05, 0.1) is 23.1 Å². The average molecular weight is 820 g/mol. The first-order valence-corrected chi connectivity index (χ1v) is 22.6. The number of allylic oxidation sites excluding steroid dienone is 5. The number of fused-ring (bicyclic) bond motifs is 13. The minimum Gasteiger partial charge on any atom is -0.381 e. The van der Waals surface area contributed by atoms with E-state index in [1.165, 1.54) is 99.2 Å². The number of aromatic nitrogens is 1. The molecule has 13 rings (SSSR count).